The first-order chi connectivity index (χ1) is 8.06. The lowest BCUT2D eigenvalue weighted by atomic mass is 10.2. The summed E-state index contributed by atoms with van der Waals surface area (Å²) in [5, 5.41) is 18.0. The first-order valence-corrected chi connectivity index (χ1v) is 5.91. The van der Waals surface area contributed by atoms with Crippen molar-refractivity contribution < 1.29 is 4.79 Å². The van der Waals surface area contributed by atoms with Crippen molar-refractivity contribution in [3.63, 3.8) is 0 Å². The summed E-state index contributed by atoms with van der Waals surface area (Å²) in [5.74, 6) is 0.613. The van der Waals surface area contributed by atoms with Gasteiger partial charge in [0, 0.05) is 5.92 Å². The van der Waals surface area contributed by atoms with Gasteiger partial charge >= 0.3 is 0 Å². The molecule has 0 saturated heterocycles. The SMILES string of the molecule is Cc1nnc(NC(=O)c2n[nH]c(C(C)C)n2)s1. The highest BCUT2D eigenvalue weighted by Crippen LogP contribution is 2.14. The van der Waals surface area contributed by atoms with Crippen LogP contribution in [-0.4, -0.2) is 31.3 Å². The molecule has 2 N–H and O–H groups in total. The molecule has 8 heteroatoms. The lowest BCUT2D eigenvalue weighted by Gasteiger charge is -1.96. The molecular weight excluding hydrogens is 240 g/mol. The number of carbonyl (C=O) groups excluding carboxylic acids is 1. The average molecular weight is 252 g/mol. The number of carbonyl (C=O) groups is 1. The molecule has 2 aromatic rings. The minimum atomic E-state index is -0.385. The van der Waals surface area contributed by atoms with Crippen LogP contribution in [-0.2, 0) is 0 Å². The maximum absolute atomic E-state index is 11.7. The van der Waals surface area contributed by atoms with Crippen LogP contribution in [0.3, 0.4) is 0 Å². The van der Waals surface area contributed by atoms with Crippen LogP contribution in [0.1, 0.15) is 41.2 Å². The van der Waals surface area contributed by atoms with Crippen molar-refractivity contribution in [1.82, 2.24) is 25.4 Å². The Morgan fingerprint density at radius 1 is 1.41 bits per heavy atom. The van der Waals surface area contributed by atoms with E-state index >= 15 is 0 Å². The Labute approximate surface area is 102 Å². The van der Waals surface area contributed by atoms with Gasteiger partial charge in [-0.05, 0) is 6.92 Å². The quantitative estimate of drug-likeness (QED) is 0.859. The average Bonchev–Trinajstić information content (AvgIpc) is 2.86. The normalized spacial score (nSPS) is 10.8. The van der Waals surface area contributed by atoms with Gasteiger partial charge in [-0.15, -0.1) is 15.3 Å². The Bertz CT molecular complexity index is 531. The third kappa shape index (κ3) is 2.64. The molecule has 0 aliphatic heterocycles. The van der Waals surface area contributed by atoms with Crippen molar-refractivity contribution in [3.05, 3.63) is 16.7 Å². The molecule has 2 rings (SSSR count). The number of hydrogen-bond donors (Lipinski definition) is 2. The topological polar surface area (TPSA) is 96.5 Å². The van der Waals surface area contributed by atoms with Crippen LogP contribution in [0.5, 0.6) is 0 Å². The third-order valence-corrected chi connectivity index (χ3v) is 2.75. The maximum Gasteiger partial charge on any atom is 0.297 e. The molecule has 0 aliphatic rings. The van der Waals surface area contributed by atoms with E-state index in [2.05, 4.69) is 30.7 Å². The van der Waals surface area contributed by atoms with Crippen molar-refractivity contribution in [2.75, 3.05) is 5.32 Å². The second-order valence-electron chi connectivity index (χ2n) is 3.78. The fraction of sp³-hybridized carbons (Fsp3) is 0.444. The summed E-state index contributed by atoms with van der Waals surface area (Å²) in [6.07, 6.45) is 0. The van der Waals surface area contributed by atoms with E-state index in [1.165, 1.54) is 11.3 Å². The second kappa shape index (κ2) is 4.58. The van der Waals surface area contributed by atoms with Gasteiger partial charge in [0.1, 0.15) is 10.8 Å². The number of nitrogens with one attached hydrogen (secondary N) is 2. The molecule has 0 spiro atoms. The second-order valence-corrected chi connectivity index (χ2v) is 4.96. The summed E-state index contributed by atoms with van der Waals surface area (Å²) in [5.41, 5.74) is 0. The number of H-pyrrole nitrogens is 1. The van der Waals surface area contributed by atoms with Crippen LogP contribution < -0.4 is 5.32 Å². The Morgan fingerprint density at radius 2 is 2.18 bits per heavy atom. The standard InChI is InChI=1S/C9H12N6OS/c1-4(2)6-10-7(14-13-6)8(16)11-9-15-12-5(3)17-9/h4H,1-3H3,(H,10,13,14)(H,11,15,16). The molecule has 0 saturated carbocycles. The van der Waals surface area contributed by atoms with E-state index in [0.717, 1.165) is 5.01 Å². The predicted molar refractivity (Wildman–Crippen MR) is 63.1 cm³/mol. The Hall–Kier alpha value is -1.83. The molecule has 0 radical (unpaired) electrons. The number of amides is 1. The molecule has 0 unspecified atom stereocenters. The summed E-state index contributed by atoms with van der Waals surface area (Å²) < 4.78 is 0. The predicted octanol–water partition coefficient (Wildman–Crippen LogP) is 1.34. The van der Waals surface area contributed by atoms with Crippen LogP contribution >= 0.6 is 11.3 Å². The molecular formula is C9H12N6OS. The van der Waals surface area contributed by atoms with Gasteiger partial charge in [0.15, 0.2) is 0 Å². The molecule has 7 nitrogen and oxygen atoms in total. The van der Waals surface area contributed by atoms with Gasteiger partial charge in [-0.2, -0.15) is 0 Å². The molecule has 2 aromatic heterocycles. The summed E-state index contributed by atoms with van der Waals surface area (Å²) in [7, 11) is 0. The van der Waals surface area contributed by atoms with Gasteiger partial charge in [-0.1, -0.05) is 25.2 Å². The van der Waals surface area contributed by atoms with Crippen molar-refractivity contribution in [2.45, 2.75) is 26.7 Å². The van der Waals surface area contributed by atoms with Crippen molar-refractivity contribution in [1.29, 1.82) is 0 Å². The van der Waals surface area contributed by atoms with Crippen LogP contribution in [0.15, 0.2) is 0 Å². The Kier molecular flexibility index (Phi) is 3.14. The molecule has 0 fully saturated rings. The number of aryl methyl sites for hydroxylation is 1. The van der Waals surface area contributed by atoms with Crippen LogP contribution in [0.25, 0.3) is 0 Å². The van der Waals surface area contributed by atoms with E-state index in [0.29, 0.717) is 11.0 Å². The van der Waals surface area contributed by atoms with Crippen molar-refractivity contribution in [2.24, 2.45) is 0 Å². The lowest BCUT2D eigenvalue weighted by Crippen LogP contribution is -2.13. The van der Waals surface area contributed by atoms with E-state index in [4.69, 9.17) is 0 Å². The molecule has 90 valence electrons. The largest absolute Gasteiger partial charge is 0.297 e. The number of aromatic nitrogens is 5. The van der Waals surface area contributed by atoms with Crippen molar-refractivity contribution >= 4 is 22.4 Å². The monoisotopic (exact) mass is 252 g/mol. The minimum Gasteiger partial charge on any atom is -0.294 e. The lowest BCUT2D eigenvalue weighted by molar-refractivity contribution is 0.101. The molecule has 1 amide bonds. The fourth-order valence-corrected chi connectivity index (χ4v) is 1.72. The first-order valence-electron chi connectivity index (χ1n) is 5.10. The van der Waals surface area contributed by atoms with E-state index < -0.39 is 0 Å². The summed E-state index contributed by atoms with van der Waals surface area (Å²) in [6, 6.07) is 0. The highest BCUT2D eigenvalue weighted by atomic mass is 32.1. The third-order valence-electron chi connectivity index (χ3n) is 2.00. The Balaban J connectivity index is 2.09. The van der Waals surface area contributed by atoms with Crippen LogP contribution in [0, 0.1) is 6.92 Å². The molecule has 0 bridgehead atoms. The zero-order chi connectivity index (χ0) is 12.4. The van der Waals surface area contributed by atoms with E-state index in [-0.39, 0.29) is 17.6 Å². The number of anilines is 1. The van der Waals surface area contributed by atoms with Crippen LogP contribution in [0.4, 0.5) is 5.13 Å². The highest BCUT2D eigenvalue weighted by Gasteiger charge is 2.15. The molecule has 0 atom stereocenters. The first kappa shape index (κ1) is 11.6. The number of rotatable bonds is 3. The fourth-order valence-electron chi connectivity index (χ4n) is 1.13. The van der Waals surface area contributed by atoms with Gasteiger partial charge in [0.05, 0.1) is 0 Å². The molecule has 2 heterocycles. The van der Waals surface area contributed by atoms with Gasteiger partial charge in [0.2, 0.25) is 11.0 Å². The minimum absolute atomic E-state index is 0.113. The summed E-state index contributed by atoms with van der Waals surface area (Å²) >= 11 is 1.30. The van der Waals surface area contributed by atoms with E-state index in [1.807, 2.05) is 20.8 Å². The summed E-state index contributed by atoms with van der Waals surface area (Å²) in [6.45, 7) is 5.75. The maximum atomic E-state index is 11.7. The van der Waals surface area contributed by atoms with Gasteiger partial charge < -0.3 is 0 Å². The van der Waals surface area contributed by atoms with Gasteiger partial charge in [-0.25, -0.2) is 4.98 Å². The molecule has 0 aliphatic carbocycles. The van der Waals surface area contributed by atoms with Gasteiger partial charge in [-0.3, -0.25) is 15.2 Å². The number of nitrogens with zero attached hydrogens (tertiary/aromatic N) is 4. The number of aromatic amines is 1. The molecule has 0 aromatic carbocycles. The zero-order valence-corrected chi connectivity index (χ0v) is 10.5. The smallest absolute Gasteiger partial charge is 0.294 e. The summed E-state index contributed by atoms with van der Waals surface area (Å²) in [4.78, 5) is 15.8. The highest BCUT2D eigenvalue weighted by molar-refractivity contribution is 7.15. The van der Waals surface area contributed by atoms with E-state index in [1.54, 1.807) is 0 Å². The van der Waals surface area contributed by atoms with Crippen molar-refractivity contribution in [3.8, 4) is 0 Å². The zero-order valence-electron chi connectivity index (χ0n) is 9.68. The Morgan fingerprint density at radius 3 is 2.71 bits per heavy atom. The van der Waals surface area contributed by atoms with E-state index in [9.17, 15) is 4.79 Å². The van der Waals surface area contributed by atoms with Gasteiger partial charge in [0.25, 0.3) is 5.91 Å². The van der Waals surface area contributed by atoms with Crippen LogP contribution in [0.2, 0.25) is 0 Å². The number of hydrogen-bond acceptors (Lipinski definition) is 6. The molecule has 17 heavy (non-hydrogen) atoms.